The molecule has 110 valence electrons. The smallest absolute Gasteiger partial charge is 0.119 e. The first-order valence-electron chi connectivity index (χ1n) is 6.26. The van der Waals surface area contributed by atoms with Gasteiger partial charge in [-0.1, -0.05) is 34.8 Å². The lowest BCUT2D eigenvalue weighted by molar-refractivity contribution is 0.340. The van der Waals surface area contributed by atoms with Crippen LogP contribution in [0, 0.1) is 0 Å². The highest BCUT2D eigenvalue weighted by Gasteiger charge is 2.06. The molecule has 0 aromatic heterocycles. The van der Waals surface area contributed by atoms with E-state index in [0.717, 1.165) is 11.3 Å². The van der Waals surface area contributed by atoms with E-state index in [9.17, 15) is 0 Å². The lowest BCUT2D eigenvalue weighted by atomic mass is 10.2. The molecule has 1 N–H and O–H groups in total. The summed E-state index contributed by atoms with van der Waals surface area (Å²) in [5.41, 5.74) is 4.25. The predicted octanol–water partition coefficient (Wildman–Crippen LogP) is 5.49. The van der Waals surface area contributed by atoms with Gasteiger partial charge in [-0.3, -0.25) is 5.43 Å². The molecule has 3 nitrogen and oxygen atoms in total. The summed E-state index contributed by atoms with van der Waals surface area (Å²) >= 11 is 17.9. The maximum atomic E-state index is 6.05. The summed E-state index contributed by atoms with van der Waals surface area (Å²) < 4.78 is 5.37. The van der Waals surface area contributed by atoms with Crippen molar-refractivity contribution in [3.8, 4) is 5.75 Å². The zero-order valence-electron chi connectivity index (χ0n) is 11.2. The number of hydrogen-bond acceptors (Lipinski definition) is 3. The Balaban J connectivity index is 2.05. The molecule has 0 aliphatic heterocycles. The van der Waals surface area contributed by atoms with Crippen molar-refractivity contribution >= 4 is 46.7 Å². The molecule has 2 aromatic carbocycles. The molecule has 21 heavy (non-hydrogen) atoms. The van der Waals surface area contributed by atoms with Gasteiger partial charge in [-0.15, -0.1) is 0 Å². The Morgan fingerprint density at radius 3 is 2.29 bits per heavy atom. The Hall–Kier alpha value is -1.42. The Bertz CT molecular complexity index is 619. The van der Waals surface area contributed by atoms with E-state index in [1.165, 1.54) is 0 Å². The van der Waals surface area contributed by atoms with Gasteiger partial charge >= 0.3 is 0 Å². The van der Waals surface area contributed by atoms with Crippen molar-refractivity contribution in [3.63, 3.8) is 0 Å². The van der Waals surface area contributed by atoms with Gasteiger partial charge in [-0.05, 0) is 48.9 Å². The van der Waals surface area contributed by atoms with Gasteiger partial charge in [0, 0.05) is 5.02 Å². The first-order valence-corrected chi connectivity index (χ1v) is 7.40. The van der Waals surface area contributed by atoms with Crippen LogP contribution in [0.5, 0.6) is 5.75 Å². The molecular weight excluding hydrogens is 331 g/mol. The predicted molar refractivity (Wildman–Crippen MR) is 90.3 cm³/mol. The third kappa shape index (κ3) is 4.53. The van der Waals surface area contributed by atoms with Gasteiger partial charge < -0.3 is 4.74 Å². The Kier molecular flexibility index (Phi) is 5.74. The molecule has 0 saturated heterocycles. The number of halogens is 3. The van der Waals surface area contributed by atoms with Crippen LogP contribution in [-0.2, 0) is 0 Å². The van der Waals surface area contributed by atoms with Crippen LogP contribution in [0.15, 0.2) is 41.5 Å². The number of hydrogen-bond donors (Lipinski definition) is 1. The Labute approximate surface area is 138 Å². The summed E-state index contributed by atoms with van der Waals surface area (Å²) in [6.07, 6.45) is 1.66. The number of rotatable bonds is 5. The normalized spacial score (nSPS) is 10.9. The molecule has 0 fully saturated rings. The van der Waals surface area contributed by atoms with Gasteiger partial charge in [0.05, 0.1) is 28.6 Å². The third-order valence-electron chi connectivity index (χ3n) is 2.59. The molecule has 0 atom stereocenters. The lowest BCUT2D eigenvalue weighted by Gasteiger charge is -2.06. The van der Waals surface area contributed by atoms with Crippen LogP contribution >= 0.6 is 34.8 Å². The van der Waals surface area contributed by atoms with E-state index in [4.69, 9.17) is 39.5 Å². The second kappa shape index (κ2) is 7.55. The van der Waals surface area contributed by atoms with Crippen LogP contribution in [0.2, 0.25) is 15.1 Å². The maximum absolute atomic E-state index is 6.05. The molecule has 0 aliphatic rings. The van der Waals surface area contributed by atoms with Gasteiger partial charge in [-0.2, -0.15) is 5.10 Å². The molecule has 0 bridgehead atoms. The van der Waals surface area contributed by atoms with Crippen molar-refractivity contribution in [2.24, 2.45) is 5.10 Å². The van der Waals surface area contributed by atoms with Crippen LogP contribution in [0.4, 0.5) is 5.69 Å². The minimum absolute atomic E-state index is 0.413. The van der Waals surface area contributed by atoms with E-state index in [1.54, 1.807) is 18.3 Å². The molecule has 0 aliphatic carbocycles. The topological polar surface area (TPSA) is 33.6 Å². The first-order chi connectivity index (χ1) is 10.1. The van der Waals surface area contributed by atoms with Gasteiger partial charge in [-0.25, -0.2) is 0 Å². The van der Waals surface area contributed by atoms with E-state index in [0.29, 0.717) is 27.4 Å². The largest absolute Gasteiger partial charge is 0.494 e. The second-order valence-corrected chi connectivity index (χ2v) is 5.37. The molecule has 0 spiro atoms. The van der Waals surface area contributed by atoms with E-state index < -0.39 is 0 Å². The Morgan fingerprint density at radius 2 is 1.71 bits per heavy atom. The second-order valence-electron chi connectivity index (χ2n) is 4.12. The van der Waals surface area contributed by atoms with Crippen molar-refractivity contribution in [2.75, 3.05) is 12.0 Å². The third-order valence-corrected chi connectivity index (χ3v) is 3.40. The lowest BCUT2D eigenvalue weighted by Crippen LogP contribution is -1.94. The van der Waals surface area contributed by atoms with Gasteiger partial charge in [0.1, 0.15) is 5.75 Å². The minimum atomic E-state index is 0.413. The monoisotopic (exact) mass is 342 g/mol. The summed E-state index contributed by atoms with van der Waals surface area (Å²) in [5.74, 6) is 0.825. The highest BCUT2D eigenvalue weighted by molar-refractivity contribution is 6.41. The average Bonchev–Trinajstić information content (AvgIpc) is 2.44. The highest BCUT2D eigenvalue weighted by Crippen LogP contribution is 2.33. The number of hydrazone groups is 1. The first kappa shape index (κ1) is 16.0. The molecule has 0 radical (unpaired) electrons. The number of nitrogens with one attached hydrogen (secondary N) is 1. The van der Waals surface area contributed by atoms with Crippen LogP contribution in [0.1, 0.15) is 12.5 Å². The van der Waals surface area contributed by atoms with Crippen LogP contribution in [-0.4, -0.2) is 12.8 Å². The molecule has 0 heterocycles. The van der Waals surface area contributed by atoms with Crippen LogP contribution in [0.3, 0.4) is 0 Å². The number of anilines is 1. The van der Waals surface area contributed by atoms with Crippen molar-refractivity contribution in [3.05, 3.63) is 57.0 Å². The minimum Gasteiger partial charge on any atom is -0.494 e. The highest BCUT2D eigenvalue weighted by atomic mass is 35.5. The van der Waals surface area contributed by atoms with Gasteiger partial charge in [0.15, 0.2) is 0 Å². The molecular formula is C15H13Cl3N2O. The standard InChI is InChI=1S/C15H13Cl3N2O/c1-2-21-12-5-3-10(4-6-12)9-19-20-15-13(17)7-11(16)8-14(15)18/h3-9,20H,2H2,1H3. The number of nitrogens with zero attached hydrogens (tertiary/aromatic N) is 1. The quantitative estimate of drug-likeness (QED) is 0.575. The van der Waals surface area contributed by atoms with Crippen LogP contribution in [0.25, 0.3) is 0 Å². The van der Waals surface area contributed by atoms with E-state index in [1.807, 2.05) is 31.2 Å². The summed E-state index contributed by atoms with van der Waals surface area (Å²) in [4.78, 5) is 0. The molecule has 6 heteroatoms. The maximum Gasteiger partial charge on any atom is 0.119 e. The summed E-state index contributed by atoms with van der Waals surface area (Å²) in [5, 5.41) is 5.42. The number of ether oxygens (including phenoxy) is 1. The van der Waals surface area contributed by atoms with Crippen molar-refractivity contribution in [1.82, 2.24) is 0 Å². The molecule has 0 unspecified atom stereocenters. The molecule has 0 saturated carbocycles. The van der Waals surface area contributed by atoms with Gasteiger partial charge in [0.2, 0.25) is 0 Å². The average molecular weight is 344 g/mol. The van der Waals surface area contributed by atoms with Crippen LogP contribution < -0.4 is 10.2 Å². The fourth-order valence-electron chi connectivity index (χ4n) is 1.64. The van der Waals surface area contributed by atoms with Crippen molar-refractivity contribution in [1.29, 1.82) is 0 Å². The van der Waals surface area contributed by atoms with E-state index in [2.05, 4.69) is 10.5 Å². The zero-order valence-corrected chi connectivity index (χ0v) is 13.5. The fraction of sp³-hybridized carbons (Fsp3) is 0.133. The SMILES string of the molecule is CCOc1ccc(C=NNc2c(Cl)cc(Cl)cc2Cl)cc1. The molecule has 2 aromatic rings. The van der Waals surface area contributed by atoms with E-state index >= 15 is 0 Å². The van der Waals surface area contributed by atoms with Crippen molar-refractivity contribution in [2.45, 2.75) is 6.92 Å². The fourth-order valence-corrected chi connectivity index (χ4v) is 2.54. The summed E-state index contributed by atoms with van der Waals surface area (Å²) in [6, 6.07) is 10.8. The molecule has 2 rings (SSSR count). The number of benzene rings is 2. The van der Waals surface area contributed by atoms with Gasteiger partial charge in [0.25, 0.3) is 0 Å². The van der Waals surface area contributed by atoms with Crippen molar-refractivity contribution < 1.29 is 4.74 Å². The summed E-state index contributed by atoms with van der Waals surface area (Å²) in [7, 11) is 0. The Morgan fingerprint density at radius 1 is 1.10 bits per heavy atom. The molecule has 0 amide bonds. The summed E-state index contributed by atoms with van der Waals surface area (Å²) in [6.45, 7) is 2.58. The zero-order chi connectivity index (χ0) is 15.2. The van der Waals surface area contributed by atoms with E-state index in [-0.39, 0.29) is 0 Å².